The molecule has 11 heteroatoms. The van der Waals surface area contributed by atoms with Crippen LogP contribution in [0.4, 0.5) is 10.1 Å². The van der Waals surface area contributed by atoms with Crippen LogP contribution in [0.25, 0.3) is 5.69 Å². The minimum atomic E-state index is -3.75. The van der Waals surface area contributed by atoms with Gasteiger partial charge in [-0.25, -0.2) is 21.8 Å². The van der Waals surface area contributed by atoms with Gasteiger partial charge in [0.15, 0.2) is 0 Å². The molecule has 1 heterocycles. The first kappa shape index (κ1) is 23.1. The number of rotatable bonds is 9. The Morgan fingerprint density at radius 2 is 1.75 bits per heavy atom. The van der Waals surface area contributed by atoms with Crippen molar-refractivity contribution in [2.45, 2.75) is 17.7 Å². The van der Waals surface area contributed by atoms with E-state index >= 15 is 0 Å². The van der Waals surface area contributed by atoms with Crippen LogP contribution < -0.4 is 11.1 Å². The van der Waals surface area contributed by atoms with Crippen molar-refractivity contribution >= 4 is 27.5 Å². The van der Waals surface area contributed by atoms with Crippen molar-refractivity contribution in [1.82, 2.24) is 14.1 Å². The molecule has 9 nitrogen and oxygen atoms in total. The summed E-state index contributed by atoms with van der Waals surface area (Å²) in [6.45, 7) is 0.133. The molecule has 0 atom stereocenters. The number of anilines is 1. The number of amides is 2. The van der Waals surface area contributed by atoms with E-state index < -0.39 is 21.7 Å². The topological polar surface area (TPSA) is 127 Å². The molecule has 0 saturated carbocycles. The van der Waals surface area contributed by atoms with E-state index in [0.717, 1.165) is 16.4 Å². The summed E-state index contributed by atoms with van der Waals surface area (Å²) >= 11 is 0. The largest absolute Gasteiger partial charge is 0.364 e. The van der Waals surface area contributed by atoms with Crippen molar-refractivity contribution in [3.05, 3.63) is 72.3 Å². The molecule has 0 fully saturated rings. The van der Waals surface area contributed by atoms with Crippen molar-refractivity contribution in [2.75, 3.05) is 18.9 Å². The highest BCUT2D eigenvalue weighted by Gasteiger charge is 2.20. The molecule has 2 amide bonds. The molecule has 0 saturated heterocycles. The van der Waals surface area contributed by atoms with Gasteiger partial charge in [0, 0.05) is 31.9 Å². The zero-order valence-corrected chi connectivity index (χ0v) is 18.0. The summed E-state index contributed by atoms with van der Waals surface area (Å²) in [7, 11) is -2.34. The molecule has 3 rings (SSSR count). The van der Waals surface area contributed by atoms with E-state index in [-0.39, 0.29) is 29.5 Å². The molecule has 0 aliphatic heterocycles. The average Bonchev–Trinajstić information content (AvgIpc) is 3.25. The predicted octanol–water partition coefficient (Wildman–Crippen LogP) is 2.15. The molecule has 2 aromatic carbocycles. The van der Waals surface area contributed by atoms with Crippen molar-refractivity contribution in [3.8, 4) is 5.69 Å². The normalized spacial score (nSPS) is 11.5. The molecule has 0 bridgehead atoms. The van der Waals surface area contributed by atoms with Gasteiger partial charge in [-0.2, -0.15) is 5.10 Å². The van der Waals surface area contributed by atoms with Crippen LogP contribution in [-0.2, 0) is 14.8 Å². The van der Waals surface area contributed by atoms with Crippen LogP contribution in [0.3, 0.4) is 0 Å². The van der Waals surface area contributed by atoms with Gasteiger partial charge in [-0.1, -0.05) is 0 Å². The van der Waals surface area contributed by atoms with Crippen LogP contribution in [0, 0.1) is 5.82 Å². The molecule has 168 valence electrons. The van der Waals surface area contributed by atoms with Gasteiger partial charge in [0.25, 0.3) is 5.91 Å². The number of nitrogens with zero attached hydrogens (tertiary/aromatic N) is 3. The van der Waals surface area contributed by atoms with E-state index in [0.29, 0.717) is 17.8 Å². The van der Waals surface area contributed by atoms with E-state index in [1.165, 1.54) is 29.9 Å². The Labute approximate surface area is 184 Å². The number of carbonyl (C=O) groups is 2. The second-order valence-corrected chi connectivity index (χ2v) is 9.03. The maximum absolute atomic E-state index is 13.0. The maximum Gasteiger partial charge on any atom is 0.269 e. The fraction of sp³-hybridized carbons (Fsp3) is 0.190. The molecule has 0 radical (unpaired) electrons. The number of halogens is 1. The standard InChI is InChI=1S/C21H22FN5O4S/c1-26(32(30,31)18-10-4-15(22)5-11-18)13-2-3-20(28)24-16-6-8-17(9-7-16)27-14-12-19(25-27)21(23)29/h4-12,14H,2-3,13H2,1H3,(H2,23,29)(H,24,28). The second kappa shape index (κ2) is 9.71. The molecule has 0 aliphatic carbocycles. The van der Waals surface area contributed by atoms with Crippen molar-refractivity contribution < 1.29 is 22.4 Å². The third kappa shape index (κ3) is 5.56. The molecule has 32 heavy (non-hydrogen) atoms. The Balaban J connectivity index is 1.50. The fourth-order valence-corrected chi connectivity index (χ4v) is 4.10. The second-order valence-electron chi connectivity index (χ2n) is 6.99. The minimum Gasteiger partial charge on any atom is -0.364 e. The molecule has 1 aromatic heterocycles. The zero-order chi connectivity index (χ0) is 23.3. The molecule has 0 spiro atoms. The first-order valence-corrected chi connectivity index (χ1v) is 11.1. The molecule has 0 aliphatic rings. The third-order valence-corrected chi connectivity index (χ3v) is 6.53. The average molecular weight is 460 g/mol. The Hall–Kier alpha value is -3.57. The summed E-state index contributed by atoms with van der Waals surface area (Å²) < 4.78 is 40.6. The van der Waals surface area contributed by atoms with Crippen LogP contribution in [0.5, 0.6) is 0 Å². The number of nitrogens with two attached hydrogens (primary N) is 1. The lowest BCUT2D eigenvalue weighted by Crippen LogP contribution is -2.28. The van der Waals surface area contributed by atoms with E-state index in [1.54, 1.807) is 30.5 Å². The van der Waals surface area contributed by atoms with Gasteiger partial charge >= 0.3 is 0 Å². The summed E-state index contributed by atoms with van der Waals surface area (Å²) in [5.74, 6) is -1.40. The van der Waals surface area contributed by atoms with E-state index in [4.69, 9.17) is 5.73 Å². The number of primary amides is 1. The fourth-order valence-electron chi connectivity index (χ4n) is 2.89. The quantitative estimate of drug-likeness (QED) is 0.507. The monoisotopic (exact) mass is 459 g/mol. The van der Waals surface area contributed by atoms with Gasteiger partial charge in [-0.3, -0.25) is 9.59 Å². The number of benzene rings is 2. The van der Waals surface area contributed by atoms with Crippen molar-refractivity contribution in [1.29, 1.82) is 0 Å². The summed E-state index contributed by atoms with van der Waals surface area (Å²) in [5, 5.41) is 6.80. The lowest BCUT2D eigenvalue weighted by molar-refractivity contribution is -0.116. The van der Waals surface area contributed by atoms with Crippen LogP contribution in [-0.4, -0.2) is 47.9 Å². The summed E-state index contributed by atoms with van der Waals surface area (Å²) in [6.07, 6.45) is 2.03. The minimum absolute atomic E-state index is 0.00827. The number of sulfonamides is 1. The number of aromatic nitrogens is 2. The third-order valence-electron chi connectivity index (χ3n) is 4.66. The number of carbonyl (C=O) groups excluding carboxylic acids is 2. The molecular weight excluding hydrogens is 437 g/mol. The van der Waals surface area contributed by atoms with Crippen LogP contribution in [0.1, 0.15) is 23.3 Å². The highest BCUT2D eigenvalue weighted by molar-refractivity contribution is 7.89. The van der Waals surface area contributed by atoms with Crippen molar-refractivity contribution in [3.63, 3.8) is 0 Å². The highest BCUT2D eigenvalue weighted by atomic mass is 32.2. The van der Waals surface area contributed by atoms with Crippen molar-refractivity contribution in [2.24, 2.45) is 5.73 Å². The van der Waals surface area contributed by atoms with Crippen LogP contribution in [0.2, 0.25) is 0 Å². The zero-order valence-electron chi connectivity index (χ0n) is 17.2. The number of hydrogen-bond acceptors (Lipinski definition) is 5. The Kier molecular flexibility index (Phi) is 7.01. The Morgan fingerprint density at radius 3 is 2.34 bits per heavy atom. The van der Waals surface area contributed by atoms with Gasteiger partial charge in [-0.05, 0) is 61.0 Å². The molecule has 3 aromatic rings. The lowest BCUT2D eigenvalue weighted by Gasteiger charge is -2.17. The summed E-state index contributed by atoms with van der Waals surface area (Å²) in [6, 6.07) is 12.9. The first-order valence-electron chi connectivity index (χ1n) is 9.64. The van der Waals surface area contributed by atoms with E-state index in [1.807, 2.05) is 0 Å². The summed E-state index contributed by atoms with van der Waals surface area (Å²) in [5.41, 5.74) is 6.58. The summed E-state index contributed by atoms with van der Waals surface area (Å²) in [4.78, 5) is 23.3. The molecule has 0 unspecified atom stereocenters. The predicted molar refractivity (Wildman–Crippen MR) is 116 cm³/mol. The van der Waals surface area contributed by atoms with Gasteiger partial charge < -0.3 is 11.1 Å². The van der Waals surface area contributed by atoms with Gasteiger partial charge in [0.1, 0.15) is 11.5 Å². The molecule has 3 N–H and O–H groups in total. The first-order chi connectivity index (χ1) is 15.2. The SMILES string of the molecule is CN(CCCC(=O)Nc1ccc(-n2ccc(C(N)=O)n2)cc1)S(=O)(=O)c1ccc(F)cc1. The van der Waals surface area contributed by atoms with Crippen LogP contribution in [0.15, 0.2) is 65.7 Å². The lowest BCUT2D eigenvalue weighted by atomic mass is 10.2. The highest BCUT2D eigenvalue weighted by Crippen LogP contribution is 2.16. The number of nitrogens with one attached hydrogen (secondary N) is 1. The van der Waals surface area contributed by atoms with Crippen LogP contribution >= 0.6 is 0 Å². The smallest absolute Gasteiger partial charge is 0.269 e. The van der Waals surface area contributed by atoms with Gasteiger partial charge in [-0.15, -0.1) is 0 Å². The van der Waals surface area contributed by atoms with E-state index in [2.05, 4.69) is 10.4 Å². The Bertz CT molecular complexity index is 1210. The molecular formula is C21H22FN5O4S. The number of hydrogen-bond donors (Lipinski definition) is 2. The van der Waals surface area contributed by atoms with Gasteiger partial charge in [0.2, 0.25) is 15.9 Å². The Morgan fingerprint density at radius 1 is 1.09 bits per heavy atom. The van der Waals surface area contributed by atoms with Gasteiger partial charge in [0.05, 0.1) is 10.6 Å². The van der Waals surface area contributed by atoms with E-state index in [9.17, 15) is 22.4 Å². The maximum atomic E-state index is 13.0.